The summed E-state index contributed by atoms with van der Waals surface area (Å²) in [6.45, 7) is 1.20. The summed E-state index contributed by atoms with van der Waals surface area (Å²) in [4.78, 5) is 0. The van der Waals surface area contributed by atoms with Gasteiger partial charge in [0.05, 0.1) is 0 Å². The van der Waals surface area contributed by atoms with E-state index >= 15 is 0 Å². The van der Waals surface area contributed by atoms with Gasteiger partial charge < -0.3 is 26.0 Å². The molecule has 0 spiro atoms. The molecular formula is C22H24N2O3. The van der Waals surface area contributed by atoms with Crippen LogP contribution in [0.3, 0.4) is 0 Å². The molecule has 0 aliphatic rings. The second-order valence-corrected chi connectivity index (χ2v) is 6.17. The van der Waals surface area contributed by atoms with E-state index < -0.39 is 0 Å². The average molecular weight is 364 g/mol. The predicted octanol–water partition coefficient (Wildman–Crippen LogP) is 3.98. The van der Waals surface area contributed by atoms with Crippen molar-refractivity contribution < 1.29 is 14.6 Å². The van der Waals surface area contributed by atoms with E-state index in [4.69, 9.17) is 20.9 Å². The molecule has 0 saturated heterocycles. The number of nitrogens with two attached hydrogens (primary N) is 2. The van der Waals surface area contributed by atoms with E-state index in [1.54, 1.807) is 18.2 Å². The van der Waals surface area contributed by atoms with Gasteiger partial charge in [-0.05, 0) is 73.5 Å². The molecule has 0 aliphatic carbocycles. The van der Waals surface area contributed by atoms with Gasteiger partial charge in [0.25, 0.3) is 0 Å². The molecule has 0 fully saturated rings. The molecule has 0 aliphatic heterocycles. The van der Waals surface area contributed by atoms with Gasteiger partial charge >= 0.3 is 0 Å². The Morgan fingerprint density at radius 1 is 0.667 bits per heavy atom. The first-order valence-corrected chi connectivity index (χ1v) is 8.95. The lowest BCUT2D eigenvalue weighted by atomic mass is 10.1. The Balaban J connectivity index is 1.79. The van der Waals surface area contributed by atoms with Crippen LogP contribution in [0.2, 0.25) is 0 Å². The van der Waals surface area contributed by atoms with Gasteiger partial charge in [-0.3, -0.25) is 0 Å². The van der Waals surface area contributed by atoms with Crippen molar-refractivity contribution in [2.75, 3.05) is 13.1 Å². The van der Waals surface area contributed by atoms with Crippen LogP contribution in [0.15, 0.2) is 66.7 Å². The molecule has 0 bridgehead atoms. The number of hydrogen-bond donors (Lipinski definition) is 3. The highest BCUT2D eigenvalue weighted by Crippen LogP contribution is 2.41. The largest absolute Gasteiger partial charge is 0.504 e. The van der Waals surface area contributed by atoms with Gasteiger partial charge in [-0.25, -0.2) is 0 Å². The second-order valence-electron chi connectivity index (χ2n) is 6.17. The topological polar surface area (TPSA) is 90.7 Å². The van der Waals surface area contributed by atoms with Crippen molar-refractivity contribution in [1.82, 2.24) is 0 Å². The first-order valence-electron chi connectivity index (χ1n) is 8.95. The van der Waals surface area contributed by atoms with E-state index in [2.05, 4.69) is 0 Å². The smallest absolute Gasteiger partial charge is 0.211 e. The Labute approximate surface area is 159 Å². The van der Waals surface area contributed by atoms with Crippen LogP contribution in [0, 0.1) is 0 Å². The first kappa shape index (κ1) is 18.8. The molecule has 0 unspecified atom stereocenters. The zero-order valence-electron chi connectivity index (χ0n) is 15.1. The Hall–Kier alpha value is -3.02. The minimum Gasteiger partial charge on any atom is -0.504 e. The SMILES string of the molecule is NCCc1ccc(Oc2cccc(O)c2Oc2ccc(CCN)cc2)cc1. The Bertz CT molecular complexity index is 862. The summed E-state index contributed by atoms with van der Waals surface area (Å²) in [5.74, 6) is 1.99. The summed E-state index contributed by atoms with van der Waals surface area (Å²) in [6.07, 6.45) is 1.63. The van der Waals surface area contributed by atoms with E-state index in [-0.39, 0.29) is 11.5 Å². The summed E-state index contributed by atoms with van der Waals surface area (Å²) >= 11 is 0. The zero-order chi connectivity index (χ0) is 19.1. The third-order valence-electron chi connectivity index (χ3n) is 4.12. The number of aromatic hydroxyl groups is 1. The summed E-state index contributed by atoms with van der Waals surface area (Å²) < 4.78 is 11.8. The van der Waals surface area contributed by atoms with Gasteiger partial charge in [0.15, 0.2) is 11.5 Å². The number of hydrogen-bond acceptors (Lipinski definition) is 5. The number of phenolic OH excluding ortho intramolecular Hbond substituents is 1. The molecule has 5 nitrogen and oxygen atoms in total. The Morgan fingerprint density at radius 2 is 1.19 bits per heavy atom. The molecule has 0 radical (unpaired) electrons. The quantitative estimate of drug-likeness (QED) is 0.562. The minimum atomic E-state index is 0.0123. The van der Waals surface area contributed by atoms with Crippen molar-refractivity contribution in [1.29, 1.82) is 0 Å². The third kappa shape index (κ3) is 5.00. The maximum absolute atomic E-state index is 10.2. The zero-order valence-corrected chi connectivity index (χ0v) is 15.1. The van der Waals surface area contributed by atoms with Crippen LogP contribution in [0.4, 0.5) is 0 Å². The second kappa shape index (κ2) is 9.07. The van der Waals surface area contributed by atoms with Crippen LogP contribution >= 0.6 is 0 Å². The molecule has 0 heterocycles. The highest BCUT2D eigenvalue weighted by atomic mass is 16.5. The lowest BCUT2D eigenvalue weighted by Gasteiger charge is -2.14. The standard InChI is InChI=1S/C22H24N2O3/c23-14-12-16-4-8-18(9-5-16)26-21-3-1-2-20(25)22(21)27-19-10-6-17(7-11-19)13-15-24/h1-11,25H,12-15,23-24H2. The fraction of sp³-hybridized carbons (Fsp3) is 0.182. The van der Waals surface area contributed by atoms with Gasteiger partial charge in [-0.2, -0.15) is 0 Å². The Kier molecular flexibility index (Phi) is 6.30. The van der Waals surface area contributed by atoms with Crippen LogP contribution in [-0.2, 0) is 12.8 Å². The van der Waals surface area contributed by atoms with Crippen LogP contribution in [0.5, 0.6) is 28.7 Å². The first-order chi connectivity index (χ1) is 13.2. The van der Waals surface area contributed by atoms with E-state index in [1.807, 2.05) is 48.5 Å². The fourth-order valence-corrected chi connectivity index (χ4v) is 2.71. The molecule has 3 aromatic carbocycles. The molecule has 3 rings (SSSR count). The molecule has 140 valence electrons. The van der Waals surface area contributed by atoms with E-state index in [9.17, 15) is 5.11 Å². The van der Waals surface area contributed by atoms with Crippen molar-refractivity contribution in [3.63, 3.8) is 0 Å². The highest BCUT2D eigenvalue weighted by molar-refractivity contribution is 5.53. The average Bonchev–Trinajstić information content (AvgIpc) is 2.68. The van der Waals surface area contributed by atoms with Gasteiger partial charge in [-0.1, -0.05) is 30.3 Å². The van der Waals surface area contributed by atoms with Crippen LogP contribution < -0.4 is 20.9 Å². The van der Waals surface area contributed by atoms with Gasteiger partial charge in [0, 0.05) is 0 Å². The molecule has 0 saturated carbocycles. The molecule has 3 aromatic rings. The predicted molar refractivity (Wildman–Crippen MR) is 107 cm³/mol. The fourth-order valence-electron chi connectivity index (χ4n) is 2.71. The van der Waals surface area contributed by atoms with Crippen LogP contribution in [-0.4, -0.2) is 18.2 Å². The molecule has 0 amide bonds. The monoisotopic (exact) mass is 364 g/mol. The van der Waals surface area contributed by atoms with Crippen molar-refractivity contribution in [3.05, 3.63) is 77.9 Å². The van der Waals surface area contributed by atoms with E-state index in [0.29, 0.717) is 30.3 Å². The Morgan fingerprint density at radius 3 is 1.70 bits per heavy atom. The van der Waals surface area contributed by atoms with Crippen LogP contribution in [0.25, 0.3) is 0 Å². The van der Waals surface area contributed by atoms with Gasteiger partial charge in [-0.15, -0.1) is 0 Å². The van der Waals surface area contributed by atoms with Gasteiger partial charge in [0.2, 0.25) is 5.75 Å². The summed E-state index contributed by atoms with van der Waals surface area (Å²) in [7, 11) is 0. The van der Waals surface area contributed by atoms with Gasteiger partial charge in [0.1, 0.15) is 11.5 Å². The molecular weight excluding hydrogens is 340 g/mol. The molecule has 5 N–H and O–H groups in total. The normalized spacial score (nSPS) is 10.6. The number of benzene rings is 3. The van der Waals surface area contributed by atoms with Crippen LogP contribution in [0.1, 0.15) is 11.1 Å². The van der Waals surface area contributed by atoms with E-state index in [0.717, 1.165) is 24.0 Å². The number of rotatable bonds is 8. The van der Waals surface area contributed by atoms with Crippen molar-refractivity contribution in [2.45, 2.75) is 12.8 Å². The molecule has 5 heteroatoms. The lowest BCUT2D eigenvalue weighted by molar-refractivity contribution is 0.381. The molecule has 0 atom stereocenters. The molecule has 27 heavy (non-hydrogen) atoms. The highest BCUT2D eigenvalue weighted by Gasteiger charge is 2.13. The van der Waals surface area contributed by atoms with E-state index in [1.165, 1.54) is 0 Å². The number of ether oxygens (including phenoxy) is 2. The lowest BCUT2D eigenvalue weighted by Crippen LogP contribution is -2.02. The van der Waals surface area contributed by atoms with Crippen molar-refractivity contribution in [3.8, 4) is 28.7 Å². The maximum atomic E-state index is 10.2. The summed E-state index contributed by atoms with van der Waals surface area (Å²) in [6, 6.07) is 20.3. The maximum Gasteiger partial charge on any atom is 0.211 e. The summed E-state index contributed by atoms with van der Waals surface area (Å²) in [5.41, 5.74) is 13.4. The number of para-hydroxylation sites is 1. The number of phenols is 1. The van der Waals surface area contributed by atoms with Crippen molar-refractivity contribution >= 4 is 0 Å². The molecule has 0 aromatic heterocycles. The minimum absolute atomic E-state index is 0.0123. The summed E-state index contributed by atoms with van der Waals surface area (Å²) in [5, 5.41) is 10.2. The third-order valence-corrected chi connectivity index (χ3v) is 4.12. The van der Waals surface area contributed by atoms with Crippen molar-refractivity contribution in [2.24, 2.45) is 11.5 Å².